The molecule has 0 aliphatic carbocycles. The number of rotatable bonds is 1. The molecule has 0 fully saturated rings. The van der Waals surface area contributed by atoms with Crippen molar-refractivity contribution < 1.29 is 0 Å². The standard InChI is InChI=1S/C12H16ClNS/c1-8-6-15-7-10-9(12(8)14-2)4-3-5-11(10)13/h3-5,8,12,14H,6-7H2,1-2H3. The van der Waals surface area contributed by atoms with Gasteiger partial charge in [0.05, 0.1) is 0 Å². The maximum atomic E-state index is 6.24. The quantitative estimate of drug-likeness (QED) is 0.808. The van der Waals surface area contributed by atoms with E-state index >= 15 is 0 Å². The van der Waals surface area contributed by atoms with Gasteiger partial charge in [-0.1, -0.05) is 30.7 Å². The molecule has 0 saturated heterocycles. The largest absolute Gasteiger partial charge is 0.313 e. The smallest absolute Gasteiger partial charge is 0.0449 e. The monoisotopic (exact) mass is 241 g/mol. The molecule has 0 amide bonds. The van der Waals surface area contributed by atoms with Gasteiger partial charge in [0.1, 0.15) is 0 Å². The van der Waals surface area contributed by atoms with Crippen molar-refractivity contribution >= 4 is 23.4 Å². The highest BCUT2D eigenvalue weighted by Crippen LogP contribution is 2.37. The molecule has 2 rings (SSSR count). The van der Waals surface area contributed by atoms with Crippen LogP contribution in [-0.2, 0) is 5.75 Å². The van der Waals surface area contributed by atoms with Gasteiger partial charge >= 0.3 is 0 Å². The van der Waals surface area contributed by atoms with Gasteiger partial charge < -0.3 is 5.32 Å². The fraction of sp³-hybridized carbons (Fsp3) is 0.500. The number of hydrogen-bond acceptors (Lipinski definition) is 2. The molecule has 2 unspecified atom stereocenters. The van der Waals surface area contributed by atoms with Crippen LogP contribution in [0.5, 0.6) is 0 Å². The molecule has 1 nitrogen and oxygen atoms in total. The highest BCUT2D eigenvalue weighted by Gasteiger charge is 2.24. The van der Waals surface area contributed by atoms with Gasteiger partial charge in [0.2, 0.25) is 0 Å². The Bertz CT molecular complexity index is 353. The number of nitrogens with one attached hydrogen (secondary N) is 1. The highest BCUT2D eigenvalue weighted by molar-refractivity contribution is 7.98. The van der Waals surface area contributed by atoms with E-state index in [2.05, 4.69) is 18.3 Å². The van der Waals surface area contributed by atoms with E-state index in [4.69, 9.17) is 11.6 Å². The van der Waals surface area contributed by atoms with Crippen LogP contribution in [0.1, 0.15) is 24.1 Å². The van der Waals surface area contributed by atoms with Crippen LogP contribution in [0, 0.1) is 5.92 Å². The van der Waals surface area contributed by atoms with Crippen molar-refractivity contribution in [3.05, 3.63) is 34.3 Å². The normalized spacial score (nSPS) is 25.8. The number of hydrogen-bond donors (Lipinski definition) is 1. The van der Waals surface area contributed by atoms with Gasteiger partial charge in [-0.05, 0) is 35.9 Å². The van der Waals surface area contributed by atoms with E-state index < -0.39 is 0 Å². The minimum Gasteiger partial charge on any atom is -0.313 e. The van der Waals surface area contributed by atoms with Crippen molar-refractivity contribution in [3.63, 3.8) is 0 Å². The van der Waals surface area contributed by atoms with E-state index in [1.165, 1.54) is 16.9 Å². The second kappa shape index (κ2) is 4.77. The number of thioether (sulfide) groups is 1. The molecule has 0 aromatic heterocycles. The Morgan fingerprint density at radius 3 is 3.00 bits per heavy atom. The third-order valence-corrected chi connectivity index (χ3v) is 4.61. The summed E-state index contributed by atoms with van der Waals surface area (Å²) in [5.41, 5.74) is 2.69. The van der Waals surface area contributed by atoms with E-state index in [9.17, 15) is 0 Å². The summed E-state index contributed by atoms with van der Waals surface area (Å²) in [5.74, 6) is 2.88. The average molecular weight is 242 g/mol. The summed E-state index contributed by atoms with van der Waals surface area (Å²) in [7, 11) is 2.03. The predicted octanol–water partition coefficient (Wildman–Crippen LogP) is 3.48. The Morgan fingerprint density at radius 1 is 1.47 bits per heavy atom. The molecule has 1 aromatic rings. The van der Waals surface area contributed by atoms with Crippen LogP contribution in [0.25, 0.3) is 0 Å². The van der Waals surface area contributed by atoms with E-state index in [1.807, 2.05) is 30.9 Å². The lowest BCUT2D eigenvalue weighted by Gasteiger charge is -2.22. The molecular weight excluding hydrogens is 226 g/mol. The first-order valence-corrected chi connectivity index (χ1v) is 6.79. The van der Waals surface area contributed by atoms with Crippen molar-refractivity contribution in [3.8, 4) is 0 Å². The highest BCUT2D eigenvalue weighted by atomic mass is 35.5. The minimum atomic E-state index is 0.439. The zero-order chi connectivity index (χ0) is 10.8. The van der Waals surface area contributed by atoms with Crippen molar-refractivity contribution in [1.29, 1.82) is 0 Å². The first-order valence-electron chi connectivity index (χ1n) is 5.26. The average Bonchev–Trinajstić information content (AvgIpc) is 2.38. The maximum Gasteiger partial charge on any atom is 0.0449 e. The fourth-order valence-corrected chi connectivity index (χ4v) is 3.74. The van der Waals surface area contributed by atoms with Crippen LogP contribution in [0.15, 0.2) is 18.2 Å². The summed E-state index contributed by atoms with van der Waals surface area (Å²) >= 11 is 8.22. The summed E-state index contributed by atoms with van der Waals surface area (Å²) in [6.45, 7) is 2.30. The van der Waals surface area contributed by atoms with Gasteiger partial charge in [-0.25, -0.2) is 0 Å². The minimum absolute atomic E-state index is 0.439. The first kappa shape index (κ1) is 11.3. The molecule has 1 aromatic carbocycles. The second-order valence-corrected chi connectivity index (χ2v) is 5.50. The SMILES string of the molecule is CNC1c2cccc(Cl)c2CSCC1C. The van der Waals surface area contributed by atoms with Gasteiger partial charge in [-0.2, -0.15) is 11.8 Å². The maximum absolute atomic E-state index is 6.24. The molecule has 0 bridgehead atoms. The molecule has 0 saturated carbocycles. The molecule has 15 heavy (non-hydrogen) atoms. The van der Waals surface area contributed by atoms with Crippen molar-refractivity contribution in [1.82, 2.24) is 5.32 Å². The summed E-state index contributed by atoms with van der Waals surface area (Å²) in [4.78, 5) is 0. The van der Waals surface area contributed by atoms with Crippen molar-refractivity contribution in [2.45, 2.75) is 18.7 Å². The Labute approximate surface area is 101 Å². The van der Waals surface area contributed by atoms with Crippen LogP contribution in [0.2, 0.25) is 5.02 Å². The molecule has 82 valence electrons. The zero-order valence-electron chi connectivity index (χ0n) is 9.09. The molecule has 3 heteroatoms. The van der Waals surface area contributed by atoms with Crippen LogP contribution in [0.3, 0.4) is 0 Å². The lowest BCUT2D eigenvalue weighted by Crippen LogP contribution is -2.24. The lowest BCUT2D eigenvalue weighted by atomic mass is 9.93. The molecule has 0 radical (unpaired) electrons. The fourth-order valence-electron chi connectivity index (χ4n) is 2.21. The van der Waals surface area contributed by atoms with Gasteiger partial charge in [-0.3, -0.25) is 0 Å². The number of fused-ring (bicyclic) bond motifs is 1. The van der Waals surface area contributed by atoms with Gasteiger partial charge in [0.15, 0.2) is 0 Å². The molecule has 1 N–H and O–H groups in total. The third kappa shape index (κ3) is 2.17. The summed E-state index contributed by atoms with van der Waals surface area (Å²) < 4.78 is 0. The number of benzene rings is 1. The summed E-state index contributed by atoms with van der Waals surface area (Å²) in [6, 6.07) is 6.68. The topological polar surface area (TPSA) is 12.0 Å². The molecule has 0 spiro atoms. The van der Waals surface area contributed by atoms with Crippen LogP contribution < -0.4 is 5.32 Å². The van der Waals surface area contributed by atoms with Gasteiger partial charge in [0, 0.05) is 16.8 Å². The van der Waals surface area contributed by atoms with E-state index in [0.29, 0.717) is 12.0 Å². The third-order valence-electron chi connectivity index (χ3n) is 3.00. The Morgan fingerprint density at radius 2 is 2.27 bits per heavy atom. The summed E-state index contributed by atoms with van der Waals surface area (Å²) in [5, 5.41) is 4.32. The molecule has 1 aliphatic heterocycles. The van der Waals surface area contributed by atoms with Gasteiger partial charge in [-0.15, -0.1) is 0 Å². The van der Waals surface area contributed by atoms with E-state index in [1.54, 1.807) is 0 Å². The Hall–Kier alpha value is -0.180. The van der Waals surface area contributed by atoms with E-state index in [0.717, 1.165) is 10.8 Å². The molecule has 2 atom stereocenters. The molecule has 1 aliphatic rings. The molecule has 1 heterocycles. The van der Waals surface area contributed by atoms with Crippen LogP contribution in [0.4, 0.5) is 0 Å². The van der Waals surface area contributed by atoms with Crippen LogP contribution in [-0.4, -0.2) is 12.8 Å². The van der Waals surface area contributed by atoms with E-state index in [-0.39, 0.29) is 0 Å². The lowest BCUT2D eigenvalue weighted by molar-refractivity contribution is 0.450. The predicted molar refractivity (Wildman–Crippen MR) is 68.6 cm³/mol. The van der Waals surface area contributed by atoms with Crippen LogP contribution >= 0.6 is 23.4 Å². The van der Waals surface area contributed by atoms with Crippen molar-refractivity contribution in [2.24, 2.45) is 5.92 Å². The second-order valence-electron chi connectivity index (χ2n) is 4.07. The zero-order valence-corrected chi connectivity index (χ0v) is 10.7. The molecular formula is C12H16ClNS. The summed E-state index contributed by atoms with van der Waals surface area (Å²) in [6.07, 6.45) is 0. The Balaban J connectivity index is 2.47. The Kier molecular flexibility index (Phi) is 3.60. The van der Waals surface area contributed by atoms with Gasteiger partial charge in [0.25, 0.3) is 0 Å². The first-order chi connectivity index (χ1) is 7.24. The van der Waals surface area contributed by atoms with Crippen molar-refractivity contribution in [2.75, 3.05) is 12.8 Å². The number of halogens is 1.